The van der Waals surface area contributed by atoms with Crippen molar-refractivity contribution >= 4 is 5.84 Å². The summed E-state index contributed by atoms with van der Waals surface area (Å²) in [5.74, 6) is 0.101. The zero-order chi connectivity index (χ0) is 13.2. The van der Waals surface area contributed by atoms with Crippen LogP contribution in [0.25, 0.3) is 0 Å². The number of hydrogen-bond donors (Lipinski definition) is 4. The van der Waals surface area contributed by atoms with E-state index in [2.05, 4.69) is 10.5 Å². The van der Waals surface area contributed by atoms with Gasteiger partial charge < -0.3 is 26.1 Å². The highest BCUT2D eigenvalue weighted by molar-refractivity contribution is 5.98. The predicted octanol–water partition coefficient (Wildman–Crippen LogP) is -0.120. The predicted molar refractivity (Wildman–Crippen MR) is 68.6 cm³/mol. The summed E-state index contributed by atoms with van der Waals surface area (Å²) in [5.41, 5.74) is 7.25. The highest BCUT2D eigenvalue weighted by Crippen LogP contribution is 2.07. The number of nitrogens with zero attached hydrogens (tertiary/aromatic N) is 1. The summed E-state index contributed by atoms with van der Waals surface area (Å²) in [6.45, 7) is 2.19. The summed E-state index contributed by atoms with van der Waals surface area (Å²) in [4.78, 5) is 0. The van der Waals surface area contributed by atoms with Crippen molar-refractivity contribution in [1.29, 1.82) is 0 Å². The summed E-state index contributed by atoms with van der Waals surface area (Å²) in [6, 6.07) is 7.44. The van der Waals surface area contributed by atoms with Crippen molar-refractivity contribution in [2.45, 2.75) is 6.54 Å². The van der Waals surface area contributed by atoms with Crippen LogP contribution in [0.1, 0.15) is 11.1 Å². The summed E-state index contributed by atoms with van der Waals surface area (Å²) in [5, 5.41) is 23.4. The first-order valence-corrected chi connectivity index (χ1v) is 5.74. The maximum atomic E-state index is 8.68. The Morgan fingerprint density at radius 3 is 2.83 bits per heavy atom. The van der Waals surface area contributed by atoms with E-state index in [-0.39, 0.29) is 12.4 Å². The molecule has 100 valence electrons. The largest absolute Gasteiger partial charge is 0.409 e. The number of hydrogen-bond acceptors (Lipinski definition) is 5. The second-order valence-electron chi connectivity index (χ2n) is 3.66. The van der Waals surface area contributed by atoms with Crippen molar-refractivity contribution in [1.82, 2.24) is 5.32 Å². The first-order chi connectivity index (χ1) is 8.79. The number of benzene rings is 1. The Morgan fingerprint density at radius 2 is 2.11 bits per heavy atom. The van der Waals surface area contributed by atoms with Gasteiger partial charge in [0.15, 0.2) is 5.84 Å². The molecule has 1 aromatic carbocycles. The first kappa shape index (κ1) is 14.4. The van der Waals surface area contributed by atoms with E-state index in [0.717, 1.165) is 5.56 Å². The quantitative estimate of drug-likeness (QED) is 0.170. The molecule has 0 aromatic heterocycles. The van der Waals surface area contributed by atoms with Gasteiger partial charge in [0.05, 0.1) is 19.8 Å². The molecule has 1 aromatic rings. The molecule has 0 atom stereocenters. The number of nitrogens with two attached hydrogens (primary N) is 1. The van der Waals surface area contributed by atoms with Crippen molar-refractivity contribution in [3.8, 4) is 0 Å². The minimum absolute atomic E-state index is 0.0341. The van der Waals surface area contributed by atoms with E-state index in [0.29, 0.717) is 31.9 Å². The lowest BCUT2D eigenvalue weighted by Crippen LogP contribution is -2.23. The number of amidine groups is 1. The van der Waals surface area contributed by atoms with E-state index < -0.39 is 0 Å². The zero-order valence-electron chi connectivity index (χ0n) is 10.2. The van der Waals surface area contributed by atoms with Crippen molar-refractivity contribution in [3.63, 3.8) is 0 Å². The van der Waals surface area contributed by atoms with Gasteiger partial charge in [-0.1, -0.05) is 29.4 Å². The van der Waals surface area contributed by atoms with Crippen LogP contribution in [0.5, 0.6) is 0 Å². The molecule has 0 bridgehead atoms. The lowest BCUT2D eigenvalue weighted by molar-refractivity contribution is 0.0938. The maximum absolute atomic E-state index is 8.68. The van der Waals surface area contributed by atoms with Gasteiger partial charge in [0.2, 0.25) is 0 Å². The van der Waals surface area contributed by atoms with Crippen LogP contribution in [-0.2, 0) is 11.3 Å². The summed E-state index contributed by atoms with van der Waals surface area (Å²) < 4.78 is 5.12. The van der Waals surface area contributed by atoms with Crippen LogP contribution >= 0.6 is 0 Å². The van der Waals surface area contributed by atoms with E-state index in [1.54, 1.807) is 6.07 Å². The fraction of sp³-hybridized carbons (Fsp3) is 0.417. The number of oxime groups is 1. The van der Waals surface area contributed by atoms with Crippen molar-refractivity contribution in [2.24, 2.45) is 10.9 Å². The zero-order valence-corrected chi connectivity index (χ0v) is 10.2. The molecule has 0 saturated carbocycles. The molecule has 0 aliphatic rings. The molecular formula is C12H19N3O3. The Kier molecular flexibility index (Phi) is 6.78. The Labute approximate surface area is 106 Å². The highest BCUT2D eigenvalue weighted by Gasteiger charge is 2.05. The Bertz CT molecular complexity index is 383. The molecule has 0 aliphatic carbocycles. The van der Waals surface area contributed by atoms with Crippen molar-refractivity contribution in [3.05, 3.63) is 35.4 Å². The van der Waals surface area contributed by atoms with E-state index in [1.165, 1.54) is 0 Å². The van der Waals surface area contributed by atoms with Gasteiger partial charge in [-0.2, -0.15) is 0 Å². The number of aliphatic hydroxyl groups is 1. The third-order valence-corrected chi connectivity index (χ3v) is 2.38. The van der Waals surface area contributed by atoms with Gasteiger partial charge in [-0.25, -0.2) is 0 Å². The minimum atomic E-state index is 0.0341. The molecule has 18 heavy (non-hydrogen) atoms. The van der Waals surface area contributed by atoms with E-state index >= 15 is 0 Å². The van der Waals surface area contributed by atoms with Gasteiger partial charge >= 0.3 is 0 Å². The lowest BCUT2D eigenvalue weighted by Gasteiger charge is -2.09. The summed E-state index contributed by atoms with van der Waals surface area (Å²) in [6.07, 6.45) is 0. The van der Waals surface area contributed by atoms with Crippen LogP contribution in [0.3, 0.4) is 0 Å². The summed E-state index contributed by atoms with van der Waals surface area (Å²) >= 11 is 0. The Balaban J connectivity index is 2.42. The van der Waals surface area contributed by atoms with E-state index in [1.807, 2.05) is 18.2 Å². The molecule has 0 aliphatic heterocycles. The van der Waals surface area contributed by atoms with Crippen LogP contribution in [0.15, 0.2) is 29.4 Å². The number of rotatable bonds is 8. The minimum Gasteiger partial charge on any atom is -0.409 e. The smallest absolute Gasteiger partial charge is 0.170 e. The molecule has 0 amide bonds. The fourth-order valence-corrected chi connectivity index (χ4v) is 1.51. The second-order valence-corrected chi connectivity index (χ2v) is 3.66. The molecule has 0 heterocycles. The van der Waals surface area contributed by atoms with Crippen LogP contribution in [-0.4, -0.2) is 42.5 Å². The standard InChI is InChI=1S/C12H19N3O3/c13-12(15-17)11-4-2-1-3-10(11)9-14-5-7-18-8-6-16/h1-4,14,16-17H,5-9H2,(H2,13,15). The van der Waals surface area contributed by atoms with Crippen molar-refractivity contribution in [2.75, 3.05) is 26.4 Å². The number of ether oxygens (including phenoxy) is 1. The summed E-state index contributed by atoms with van der Waals surface area (Å²) in [7, 11) is 0. The van der Waals surface area contributed by atoms with Crippen LogP contribution in [0, 0.1) is 0 Å². The molecule has 5 N–H and O–H groups in total. The fourth-order valence-electron chi connectivity index (χ4n) is 1.51. The van der Waals surface area contributed by atoms with Gasteiger partial charge in [0.1, 0.15) is 0 Å². The Morgan fingerprint density at radius 1 is 1.33 bits per heavy atom. The van der Waals surface area contributed by atoms with Gasteiger partial charge in [0, 0.05) is 18.7 Å². The number of nitrogens with one attached hydrogen (secondary N) is 1. The molecule has 0 spiro atoms. The van der Waals surface area contributed by atoms with Gasteiger partial charge in [-0.05, 0) is 5.56 Å². The lowest BCUT2D eigenvalue weighted by atomic mass is 10.1. The highest BCUT2D eigenvalue weighted by atomic mass is 16.5. The third kappa shape index (κ3) is 4.70. The van der Waals surface area contributed by atoms with Crippen LogP contribution in [0.4, 0.5) is 0 Å². The van der Waals surface area contributed by atoms with E-state index in [9.17, 15) is 0 Å². The van der Waals surface area contributed by atoms with Crippen LogP contribution in [0.2, 0.25) is 0 Å². The molecule has 1 rings (SSSR count). The normalized spacial score (nSPS) is 11.7. The van der Waals surface area contributed by atoms with Gasteiger partial charge in [-0.15, -0.1) is 0 Å². The Hall–Kier alpha value is -1.63. The molecular weight excluding hydrogens is 234 g/mol. The third-order valence-electron chi connectivity index (χ3n) is 2.38. The molecule has 6 nitrogen and oxygen atoms in total. The van der Waals surface area contributed by atoms with Gasteiger partial charge in [0.25, 0.3) is 0 Å². The molecule has 0 radical (unpaired) electrons. The maximum Gasteiger partial charge on any atom is 0.170 e. The molecule has 6 heteroatoms. The SMILES string of the molecule is NC(=NO)c1ccccc1CNCCOCCO. The first-order valence-electron chi connectivity index (χ1n) is 5.74. The average molecular weight is 253 g/mol. The molecule has 0 fully saturated rings. The number of aliphatic hydroxyl groups excluding tert-OH is 1. The van der Waals surface area contributed by atoms with Crippen LogP contribution < -0.4 is 11.1 Å². The average Bonchev–Trinajstić information content (AvgIpc) is 2.42. The molecule has 0 unspecified atom stereocenters. The monoisotopic (exact) mass is 253 g/mol. The van der Waals surface area contributed by atoms with Gasteiger partial charge in [-0.3, -0.25) is 0 Å². The second kappa shape index (κ2) is 8.46. The molecule has 0 saturated heterocycles. The van der Waals surface area contributed by atoms with E-state index in [4.69, 9.17) is 20.8 Å². The topological polar surface area (TPSA) is 100 Å². The van der Waals surface area contributed by atoms with Crippen molar-refractivity contribution < 1.29 is 15.1 Å².